The lowest BCUT2D eigenvalue weighted by atomic mass is 10.1. The van der Waals surface area contributed by atoms with Gasteiger partial charge in [0, 0.05) is 19.5 Å². The Morgan fingerprint density at radius 3 is 2.08 bits per heavy atom. The predicted molar refractivity (Wildman–Crippen MR) is 95.8 cm³/mol. The number of nitrogens with two attached hydrogens (primary N) is 2. The topological polar surface area (TPSA) is 149 Å². The maximum atomic E-state index is 12.2. The van der Waals surface area contributed by atoms with E-state index in [4.69, 9.17) is 16.2 Å². The Labute approximate surface area is 149 Å². The molecule has 9 heteroatoms. The minimum absolute atomic E-state index is 0.106. The van der Waals surface area contributed by atoms with Crippen LogP contribution < -0.4 is 27.4 Å². The quantitative estimate of drug-likeness (QED) is 0.317. The zero-order chi connectivity index (χ0) is 19.3. The van der Waals surface area contributed by atoms with Crippen molar-refractivity contribution in [1.82, 2.24) is 16.0 Å². The summed E-state index contributed by atoms with van der Waals surface area (Å²) in [6.07, 6.45) is 0.891. The molecule has 25 heavy (non-hydrogen) atoms. The van der Waals surface area contributed by atoms with Crippen molar-refractivity contribution in [3.8, 4) is 0 Å². The highest BCUT2D eigenvalue weighted by Crippen LogP contribution is 2.08. The minimum Gasteiger partial charge on any atom is -0.444 e. The third kappa shape index (κ3) is 13.1. The average molecular weight is 359 g/mol. The van der Waals surface area contributed by atoms with Gasteiger partial charge in [0.25, 0.3) is 0 Å². The molecular formula is C16H33N5O4. The first-order valence-corrected chi connectivity index (χ1v) is 8.63. The number of hydrogen-bond acceptors (Lipinski definition) is 6. The fourth-order valence-electron chi connectivity index (χ4n) is 1.85. The second-order valence-electron chi connectivity index (χ2n) is 6.66. The molecule has 0 aliphatic heterocycles. The van der Waals surface area contributed by atoms with Gasteiger partial charge < -0.3 is 32.2 Å². The van der Waals surface area contributed by atoms with Crippen LogP contribution in [0.4, 0.5) is 4.79 Å². The molecule has 0 aromatic heterocycles. The van der Waals surface area contributed by atoms with E-state index >= 15 is 0 Å². The Balaban J connectivity index is 4.58. The molecular weight excluding hydrogens is 326 g/mol. The van der Waals surface area contributed by atoms with Gasteiger partial charge >= 0.3 is 6.09 Å². The van der Waals surface area contributed by atoms with Gasteiger partial charge in [-0.1, -0.05) is 0 Å². The third-order valence-electron chi connectivity index (χ3n) is 3.05. The number of rotatable bonds is 11. The summed E-state index contributed by atoms with van der Waals surface area (Å²) in [5.41, 5.74) is 10.1. The largest absolute Gasteiger partial charge is 0.444 e. The number of alkyl carbamates (subject to hydrolysis) is 1. The standard InChI is InChI=1S/C16H33N5O4/c1-16(2,3)25-15(24)21-12(14(23)20-11-5-9-18)6-7-13(22)19-10-4-8-17/h12H,4-11,17-18H2,1-3H3,(H,19,22)(H,20,23)(H,21,24)/t12-/m1/s1. The number of hydrogen-bond donors (Lipinski definition) is 5. The monoisotopic (exact) mass is 359 g/mol. The first-order valence-electron chi connectivity index (χ1n) is 8.63. The molecule has 0 rings (SSSR count). The van der Waals surface area contributed by atoms with Crippen LogP contribution in [0, 0.1) is 0 Å². The molecule has 0 saturated heterocycles. The fourth-order valence-corrected chi connectivity index (χ4v) is 1.85. The SMILES string of the molecule is CC(C)(C)OC(=O)N[C@H](CCC(=O)NCCCN)C(=O)NCCCN. The van der Waals surface area contributed by atoms with E-state index in [1.165, 1.54) is 0 Å². The van der Waals surface area contributed by atoms with Gasteiger partial charge in [-0.15, -0.1) is 0 Å². The summed E-state index contributed by atoms with van der Waals surface area (Å²) in [4.78, 5) is 35.9. The lowest BCUT2D eigenvalue weighted by Gasteiger charge is -2.23. The van der Waals surface area contributed by atoms with Crippen LogP contribution in [-0.4, -0.2) is 55.7 Å². The van der Waals surface area contributed by atoms with Gasteiger partial charge in [-0.3, -0.25) is 9.59 Å². The van der Waals surface area contributed by atoms with Crippen LogP contribution in [0.5, 0.6) is 0 Å². The zero-order valence-corrected chi connectivity index (χ0v) is 15.5. The number of amides is 3. The van der Waals surface area contributed by atoms with Gasteiger partial charge in [-0.2, -0.15) is 0 Å². The van der Waals surface area contributed by atoms with Crippen LogP contribution in [-0.2, 0) is 14.3 Å². The Hall–Kier alpha value is -1.87. The van der Waals surface area contributed by atoms with E-state index in [9.17, 15) is 14.4 Å². The zero-order valence-electron chi connectivity index (χ0n) is 15.5. The summed E-state index contributed by atoms with van der Waals surface area (Å²) in [6, 6.07) is -0.854. The molecule has 1 atom stereocenters. The lowest BCUT2D eigenvalue weighted by molar-refractivity contribution is -0.124. The molecule has 0 aromatic rings. The molecule has 0 unspecified atom stereocenters. The van der Waals surface area contributed by atoms with Crippen molar-refractivity contribution in [3.05, 3.63) is 0 Å². The summed E-state index contributed by atoms with van der Waals surface area (Å²) >= 11 is 0. The average Bonchev–Trinajstić information content (AvgIpc) is 2.50. The summed E-state index contributed by atoms with van der Waals surface area (Å²) in [5.74, 6) is -0.562. The van der Waals surface area contributed by atoms with Crippen molar-refractivity contribution in [3.63, 3.8) is 0 Å². The molecule has 0 spiro atoms. The van der Waals surface area contributed by atoms with Crippen molar-refractivity contribution in [1.29, 1.82) is 0 Å². The second kappa shape index (κ2) is 12.5. The fraction of sp³-hybridized carbons (Fsp3) is 0.812. The van der Waals surface area contributed by atoms with Crippen molar-refractivity contribution < 1.29 is 19.1 Å². The van der Waals surface area contributed by atoms with Crippen molar-refractivity contribution in [2.45, 2.75) is 58.1 Å². The molecule has 9 nitrogen and oxygen atoms in total. The van der Waals surface area contributed by atoms with Crippen molar-refractivity contribution >= 4 is 17.9 Å². The van der Waals surface area contributed by atoms with Gasteiger partial charge in [0.15, 0.2) is 0 Å². The van der Waals surface area contributed by atoms with E-state index < -0.39 is 17.7 Å². The highest BCUT2D eigenvalue weighted by molar-refractivity contribution is 5.86. The minimum atomic E-state index is -0.854. The Bertz CT molecular complexity index is 423. The van der Waals surface area contributed by atoms with Crippen LogP contribution in [0.1, 0.15) is 46.5 Å². The number of nitrogens with one attached hydrogen (secondary N) is 3. The first-order chi connectivity index (χ1) is 11.7. The summed E-state index contributed by atoms with van der Waals surface area (Å²) in [7, 11) is 0. The highest BCUT2D eigenvalue weighted by atomic mass is 16.6. The third-order valence-corrected chi connectivity index (χ3v) is 3.05. The molecule has 0 fully saturated rings. The molecule has 7 N–H and O–H groups in total. The van der Waals surface area contributed by atoms with Crippen LogP contribution in [0.3, 0.4) is 0 Å². The van der Waals surface area contributed by atoms with Crippen LogP contribution >= 0.6 is 0 Å². The van der Waals surface area contributed by atoms with E-state index in [0.29, 0.717) is 39.0 Å². The maximum absolute atomic E-state index is 12.2. The normalized spacial score (nSPS) is 12.2. The van der Waals surface area contributed by atoms with Crippen LogP contribution in [0.15, 0.2) is 0 Å². The molecule has 0 radical (unpaired) electrons. The number of ether oxygens (including phenoxy) is 1. The predicted octanol–water partition coefficient (Wildman–Crippen LogP) is -0.410. The maximum Gasteiger partial charge on any atom is 0.408 e. The number of carbonyl (C=O) groups excluding carboxylic acids is 3. The molecule has 3 amide bonds. The molecule has 0 aliphatic carbocycles. The summed E-state index contributed by atoms with van der Waals surface area (Å²) in [5, 5.41) is 7.92. The van der Waals surface area contributed by atoms with E-state index in [1.54, 1.807) is 20.8 Å². The summed E-state index contributed by atoms with van der Waals surface area (Å²) < 4.78 is 5.17. The molecule has 0 saturated carbocycles. The van der Waals surface area contributed by atoms with Gasteiger partial charge in [-0.05, 0) is 53.1 Å². The second-order valence-corrected chi connectivity index (χ2v) is 6.66. The summed E-state index contributed by atoms with van der Waals surface area (Å²) in [6.45, 7) is 7.03. The van der Waals surface area contributed by atoms with Gasteiger partial charge in [0.05, 0.1) is 0 Å². The number of carbonyl (C=O) groups is 3. The first kappa shape index (κ1) is 23.1. The van der Waals surface area contributed by atoms with E-state index in [-0.39, 0.29) is 24.7 Å². The van der Waals surface area contributed by atoms with E-state index in [0.717, 1.165) is 0 Å². The van der Waals surface area contributed by atoms with Crippen molar-refractivity contribution in [2.75, 3.05) is 26.2 Å². The molecule has 0 heterocycles. The Kier molecular flexibility index (Phi) is 11.6. The molecule has 0 aromatic carbocycles. The Morgan fingerprint density at radius 2 is 1.56 bits per heavy atom. The van der Waals surface area contributed by atoms with Gasteiger partial charge in [-0.25, -0.2) is 4.79 Å². The highest BCUT2D eigenvalue weighted by Gasteiger charge is 2.24. The molecule has 0 aliphatic rings. The Morgan fingerprint density at radius 1 is 1.00 bits per heavy atom. The van der Waals surface area contributed by atoms with Gasteiger partial charge in [0.2, 0.25) is 11.8 Å². The van der Waals surface area contributed by atoms with E-state index in [2.05, 4.69) is 16.0 Å². The smallest absolute Gasteiger partial charge is 0.408 e. The molecule has 146 valence electrons. The molecule has 0 bridgehead atoms. The van der Waals surface area contributed by atoms with Crippen LogP contribution in [0.25, 0.3) is 0 Å². The lowest BCUT2D eigenvalue weighted by Crippen LogP contribution is -2.49. The van der Waals surface area contributed by atoms with Crippen molar-refractivity contribution in [2.24, 2.45) is 11.5 Å². The van der Waals surface area contributed by atoms with Gasteiger partial charge in [0.1, 0.15) is 11.6 Å². The van der Waals surface area contributed by atoms with Crippen LogP contribution in [0.2, 0.25) is 0 Å². The van der Waals surface area contributed by atoms with E-state index in [1.807, 2.05) is 0 Å².